The summed E-state index contributed by atoms with van der Waals surface area (Å²) in [6.45, 7) is 17.3. The molecule has 5 rings (SSSR count). The molecule has 3 aromatic rings. The highest BCUT2D eigenvalue weighted by Crippen LogP contribution is 2.45. The summed E-state index contributed by atoms with van der Waals surface area (Å²) >= 11 is 0. The molecule has 1 N–H and O–H groups in total. The summed E-state index contributed by atoms with van der Waals surface area (Å²) in [7, 11) is 9.48. The van der Waals surface area contributed by atoms with E-state index in [1.165, 1.54) is 0 Å². The first-order valence-electron chi connectivity index (χ1n) is 18.6. The molecule has 2 saturated heterocycles. The molecule has 2 fully saturated rings. The largest absolute Gasteiger partial charge is 0.493 e. The minimum atomic E-state index is -1.81. The van der Waals surface area contributed by atoms with Gasteiger partial charge in [-0.3, -0.25) is 0 Å². The molecule has 2 aliphatic heterocycles. The van der Waals surface area contributed by atoms with Crippen LogP contribution in [0.25, 0.3) is 0 Å². The average Bonchev–Trinajstić information content (AvgIpc) is 3.77. The predicted molar refractivity (Wildman–Crippen MR) is 216 cm³/mol. The summed E-state index contributed by atoms with van der Waals surface area (Å²) in [5.74, 6) is 4.77. The van der Waals surface area contributed by atoms with Gasteiger partial charge < -0.3 is 52.2 Å². The van der Waals surface area contributed by atoms with E-state index in [1.54, 1.807) is 49.8 Å². The van der Waals surface area contributed by atoms with E-state index in [4.69, 9.17) is 47.1 Å². The highest BCUT2D eigenvalue weighted by Gasteiger charge is 2.41. The van der Waals surface area contributed by atoms with E-state index in [0.29, 0.717) is 60.7 Å². The lowest BCUT2D eigenvalue weighted by Gasteiger charge is -2.37. The van der Waals surface area contributed by atoms with Crippen molar-refractivity contribution in [3.63, 3.8) is 0 Å². The van der Waals surface area contributed by atoms with Crippen LogP contribution in [0.5, 0.6) is 40.2 Å². The van der Waals surface area contributed by atoms with Gasteiger partial charge in [0, 0.05) is 25.0 Å². The molecule has 5 atom stereocenters. The monoisotopic (exact) mass is 782 g/mol. The molecule has 2 aliphatic rings. The molecule has 0 spiro atoms. The number of aliphatic hydroxyl groups excluding tert-OH is 1. The maximum absolute atomic E-state index is 10.2. The number of hydrogen-bond acceptors (Lipinski definition) is 11. The summed E-state index contributed by atoms with van der Waals surface area (Å²) in [6, 6.07) is 15.6. The van der Waals surface area contributed by atoms with Crippen molar-refractivity contribution in [1.82, 2.24) is 0 Å². The van der Waals surface area contributed by atoms with Crippen molar-refractivity contribution in [3.05, 3.63) is 77.4 Å². The summed E-state index contributed by atoms with van der Waals surface area (Å²) in [5.41, 5.74) is 4.15. The fourth-order valence-corrected chi connectivity index (χ4v) is 7.85. The first kappa shape index (κ1) is 43.8. The third-order valence-corrected chi connectivity index (χ3v) is 15.7. The van der Waals surface area contributed by atoms with Gasteiger partial charge in [0.05, 0.1) is 75.2 Å². The van der Waals surface area contributed by atoms with Gasteiger partial charge in [-0.15, -0.1) is 0 Å². The second kappa shape index (κ2) is 19.3. The zero-order valence-corrected chi connectivity index (χ0v) is 35.8. The molecule has 0 radical (unpaired) electrons. The third-order valence-electron chi connectivity index (χ3n) is 11.2. The molecule has 0 bridgehead atoms. The number of ether oxygens (including phenoxy) is 9. The molecule has 0 aromatic heterocycles. The van der Waals surface area contributed by atoms with Crippen LogP contribution in [-0.2, 0) is 20.3 Å². The highest BCUT2D eigenvalue weighted by atomic mass is 28.4. The Kier molecular flexibility index (Phi) is 15.3. The van der Waals surface area contributed by atoms with E-state index in [1.807, 2.05) is 48.5 Å². The first-order valence-corrected chi connectivity index (χ1v) is 21.5. The zero-order valence-electron chi connectivity index (χ0n) is 34.8. The van der Waals surface area contributed by atoms with Gasteiger partial charge in [0.1, 0.15) is 0 Å². The van der Waals surface area contributed by atoms with Crippen molar-refractivity contribution < 1.29 is 52.2 Å². The fraction of sp³-hybridized carbons (Fsp3) is 0.535. The van der Waals surface area contributed by atoms with Crippen molar-refractivity contribution in [2.75, 3.05) is 76.2 Å². The maximum Gasteiger partial charge on any atom is 0.203 e. The molecule has 2 heterocycles. The SMILES string of the molecule is C=C1CO[C@H](c2ccc(OC)c(OC)c2)[C@H]1CO[Si](C)(C)C(C)(C)C.COc1ccc([C@H]2OC[C@H](Cc3cc(OC)c(OC)c(OC)c3)[C@@H]2CO)cc1OC. The van der Waals surface area contributed by atoms with E-state index in [9.17, 15) is 5.11 Å². The van der Waals surface area contributed by atoms with Gasteiger partial charge in [-0.2, -0.15) is 0 Å². The topological polar surface area (TPSA) is 113 Å². The fourth-order valence-electron chi connectivity index (χ4n) is 6.82. The van der Waals surface area contributed by atoms with Gasteiger partial charge in [-0.1, -0.05) is 39.5 Å². The number of aliphatic hydroxyl groups is 1. The van der Waals surface area contributed by atoms with Crippen LogP contribution >= 0.6 is 0 Å². The molecular formula is C43H62O11Si. The first-order chi connectivity index (χ1) is 26.2. The smallest absolute Gasteiger partial charge is 0.203 e. The Morgan fingerprint density at radius 3 is 1.65 bits per heavy atom. The van der Waals surface area contributed by atoms with E-state index < -0.39 is 8.32 Å². The van der Waals surface area contributed by atoms with Gasteiger partial charge in [0.25, 0.3) is 0 Å². The molecule has 0 aliphatic carbocycles. The van der Waals surface area contributed by atoms with Crippen LogP contribution in [0.3, 0.4) is 0 Å². The second-order valence-electron chi connectivity index (χ2n) is 15.4. The van der Waals surface area contributed by atoms with Crippen LogP contribution in [0.4, 0.5) is 0 Å². The molecule has 304 valence electrons. The van der Waals surface area contributed by atoms with Gasteiger partial charge in [-0.25, -0.2) is 0 Å². The maximum atomic E-state index is 10.2. The molecule has 0 saturated carbocycles. The van der Waals surface area contributed by atoms with E-state index in [0.717, 1.165) is 28.0 Å². The molecular weight excluding hydrogens is 721 g/mol. The quantitative estimate of drug-likeness (QED) is 0.119. The van der Waals surface area contributed by atoms with Crippen LogP contribution in [0, 0.1) is 17.8 Å². The van der Waals surface area contributed by atoms with Crippen molar-refractivity contribution in [3.8, 4) is 40.2 Å². The number of methoxy groups -OCH3 is 7. The van der Waals surface area contributed by atoms with Crippen molar-refractivity contribution in [2.45, 2.75) is 57.5 Å². The Hall–Kier alpha value is -3.94. The van der Waals surface area contributed by atoms with Crippen molar-refractivity contribution in [2.24, 2.45) is 17.8 Å². The van der Waals surface area contributed by atoms with Gasteiger partial charge in [0.15, 0.2) is 42.8 Å². The second-order valence-corrected chi connectivity index (χ2v) is 20.2. The van der Waals surface area contributed by atoms with Crippen molar-refractivity contribution in [1.29, 1.82) is 0 Å². The predicted octanol–water partition coefficient (Wildman–Crippen LogP) is 8.24. The molecule has 11 nitrogen and oxygen atoms in total. The third kappa shape index (κ3) is 10.1. The van der Waals surface area contributed by atoms with Crippen LogP contribution in [0.15, 0.2) is 60.7 Å². The zero-order chi connectivity index (χ0) is 40.5. The van der Waals surface area contributed by atoms with Gasteiger partial charge in [0.2, 0.25) is 5.75 Å². The lowest BCUT2D eigenvalue weighted by atomic mass is 9.84. The Morgan fingerprint density at radius 1 is 0.691 bits per heavy atom. The minimum absolute atomic E-state index is 0.0219. The number of hydrogen-bond donors (Lipinski definition) is 1. The Labute approximate surface area is 328 Å². The van der Waals surface area contributed by atoms with Crippen LogP contribution in [-0.4, -0.2) is 89.6 Å². The molecule has 3 aromatic carbocycles. The molecule has 55 heavy (non-hydrogen) atoms. The standard InChI is InChI=1S/C23H30O7.C20H32O4Si/c1-25-18-7-6-15(11-19(18)26-2)22-17(12-24)16(13-30-22)8-14-9-20(27-3)23(29-5)21(10-14)28-4;1-14-12-23-19(15-9-10-17(21-5)18(11-15)22-6)16(14)13-24-25(7,8)20(2,3)4/h6-7,9-11,16-17,22,24H,8,12-13H2,1-5H3;9-11,16,19H,1,12-13H2,2-8H3/t16-,17-,22+;16-,19+/m00/s1. The minimum Gasteiger partial charge on any atom is -0.493 e. The van der Waals surface area contributed by atoms with Crippen LogP contribution in [0.1, 0.15) is 49.7 Å². The Balaban J connectivity index is 0.000000249. The van der Waals surface area contributed by atoms with Gasteiger partial charge >= 0.3 is 0 Å². The highest BCUT2D eigenvalue weighted by molar-refractivity contribution is 6.74. The van der Waals surface area contributed by atoms with Crippen LogP contribution < -0.4 is 33.2 Å². The van der Waals surface area contributed by atoms with Crippen LogP contribution in [0.2, 0.25) is 18.1 Å². The number of rotatable bonds is 15. The lowest BCUT2D eigenvalue weighted by molar-refractivity contribution is 0.0717. The van der Waals surface area contributed by atoms with E-state index in [2.05, 4.69) is 40.4 Å². The summed E-state index contributed by atoms with van der Waals surface area (Å²) in [6.07, 6.45) is 0.435. The van der Waals surface area contributed by atoms with Gasteiger partial charge in [-0.05, 0) is 89.1 Å². The molecule has 0 amide bonds. The normalized spacial score (nSPS) is 21.0. The average molecular weight is 783 g/mol. The van der Waals surface area contributed by atoms with Crippen molar-refractivity contribution >= 4 is 8.32 Å². The number of benzene rings is 3. The summed E-state index contributed by atoms with van der Waals surface area (Å²) in [4.78, 5) is 0. The Bertz CT molecular complexity index is 1690. The van der Waals surface area contributed by atoms with E-state index >= 15 is 0 Å². The van der Waals surface area contributed by atoms with E-state index in [-0.39, 0.29) is 41.6 Å². The molecule has 0 unspecified atom stereocenters. The Morgan fingerprint density at radius 2 is 1.20 bits per heavy atom. The lowest BCUT2D eigenvalue weighted by Crippen LogP contribution is -2.42. The summed E-state index contributed by atoms with van der Waals surface area (Å²) < 4.78 is 56.4. The summed E-state index contributed by atoms with van der Waals surface area (Å²) in [5, 5.41) is 10.3. The molecule has 12 heteroatoms.